The second-order valence-corrected chi connectivity index (χ2v) is 7.31. The molecule has 9 heteroatoms. The van der Waals surface area contributed by atoms with Gasteiger partial charge in [0.05, 0.1) is 9.79 Å². The minimum Gasteiger partial charge on any atom is -0.373 e. The van der Waals surface area contributed by atoms with E-state index in [1.807, 2.05) is 5.32 Å². The molecule has 5 nitrogen and oxygen atoms in total. The fraction of sp³-hybridized carbons (Fsp3) is 0.188. The number of hydrogen-bond donors (Lipinski definition) is 2. The third-order valence-electron chi connectivity index (χ3n) is 3.47. The van der Waals surface area contributed by atoms with Crippen molar-refractivity contribution in [3.8, 4) is 0 Å². The summed E-state index contributed by atoms with van der Waals surface area (Å²) in [4.78, 5) is 11.6. The van der Waals surface area contributed by atoms with Crippen LogP contribution >= 0.6 is 0 Å². The molecule has 0 aliphatic rings. The molecule has 2 N–H and O–H groups in total. The fourth-order valence-electron chi connectivity index (χ4n) is 1.83. The van der Waals surface area contributed by atoms with Gasteiger partial charge in [0.15, 0.2) is 0 Å². The molecule has 2 aromatic carbocycles. The van der Waals surface area contributed by atoms with Crippen LogP contribution in [0.5, 0.6) is 0 Å². The molecule has 0 aromatic heterocycles. The van der Waals surface area contributed by atoms with Gasteiger partial charge in [-0.2, -0.15) is 13.2 Å². The molecule has 0 fully saturated rings. The topological polar surface area (TPSA) is 83.5 Å². The van der Waals surface area contributed by atoms with Crippen LogP contribution in [0.2, 0.25) is 0 Å². The van der Waals surface area contributed by atoms with Gasteiger partial charge < -0.3 is 10.4 Å². The summed E-state index contributed by atoms with van der Waals surface area (Å²) in [6.45, 7) is 0.330. The third-order valence-corrected chi connectivity index (χ3v) is 5.26. The molecule has 2 rings (SSSR count). The Morgan fingerprint density at radius 3 is 1.92 bits per heavy atom. The molecule has 1 amide bonds. The lowest BCUT2D eigenvalue weighted by molar-refractivity contribution is -0.242. The summed E-state index contributed by atoms with van der Waals surface area (Å²) < 4.78 is 62.6. The van der Waals surface area contributed by atoms with Gasteiger partial charge in [-0.15, -0.1) is 0 Å². The van der Waals surface area contributed by atoms with E-state index in [0.29, 0.717) is 6.92 Å². The molecule has 0 heterocycles. The summed E-state index contributed by atoms with van der Waals surface area (Å²) in [7, 11) is -3.78. The lowest BCUT2D eigenvalue weighted by Gasteiger charge is -2.24. The second kappa shape index (κ2) is 6.49. The van der Waals surface area contributed by atoms with Gasteiger partial charge in [-0.05, 0) is 43.3 Å². The van der Waals surface area contributed by atoms with Crippen LogP contribution in [0, 0.1) is 0 Å². The first-order valence-electron chi connectivity index (χ1n) is 6.97. The van der Waals surface area contributed by atoms with Gasteiger partial charge in [-0.3, -0.25) is 4.79 Å². The summed E-state index contributed by atoms with van der Waals surface area (Å²) in [5, 5.41) is 11.2. The molecule has 0 aliphatic heterocycles. The Morgan fingerprint density at radius 1 is 0.960 bits per heavy atom. The van der Waals surface area contributed by atoms with E-state index in [1.165, 1.54) is 12.1 Å². The summed E-state index contributed by atoms with van der Waals surface area (Å²) in [5.74, 6) is -1.67. The van der Waals surface area contributed by atoms with Gasteiger partial charge in [0.25, 0.3) is 5.91 Å². The SMILES string of the molecule is C[C@](O)(C(=O)Nc1ccc(S(=O)(=O)c2ccccc2)cc1)C(F)(F)F. The van der Waals surface area contributed by atoms with Crippen LogP contribution in [0.3, 0.4) is 0 Å². The van der Waals surface area contributed by atoms with Crippen molar-refractivity contribution in [3.63, 3.8) is 0 Å². The zero-order valence-electron chi connectivity index (χ0n) is 12.9. The summed E-state index contributed by atoms with van der Waals surface area (Å²) in [6, 6.07) is 12.2. The van der Waals surface area contributed by atoms with Crippen molar-refractivity contribution in [2.45, 2.75) is 28.5 Å². The Hall–Kier alpha value is -2.39. The maximum Gasteiger partial charge on any atom is 0.426 e. The van der Waals surface area contributed by atoms with Crippen LogP contribution < -0.4 is 5.32 Å². The molecular weight excluding hydrogens is 359 g/mol. The summed E-state index contributed by atoms with van der Waals surface area (Å²) in [6.07, 6.45) is -5.15. The van der Waals surface area contributed by atoms with Crippen molar-refractivity contribution in [2.24, 2.45) is 0 Å². The summed E-state index contributed by atoms with van der Waals surface area (Å²) >= 11 is 0. The van der Waals surface area contributed by atoms with Crippen LogP contribution in [0.15, 0.2) is 64.4 Å². The number of carbonyl (C=O) groups excluding carboxylic acids is 1. The Kier molecular flexibility index (Phi) is 4.92. The average molecular weight is 373 g/mol. The van der Waals surface area contributed by atoms with E-state index in [0.717, 1.165) is 24.3 Å². The number of rotatable bonds is 4. The van der Waals surface area contributed by atoms with Crippen LogP contribution in [-0.4, -0.2) is 31.2 Å². The van der Waals surface area contributed by atoms with Gasteiger partial charge in [0, 0.05) is 5.69 Å². The lowest BCUT2D eigenvalue weighted by atomic mass is 10.1. The van der Waals surface area contributed by atoms with Crippen molar-refractivity contribution in [1.82, 2.24) is 0 Å². The van der Waals surface area contributed by atoms with Crippen LogP contribution in [0.25, 0.3) is 0 Å². The van der Waals surface area contributed by atoms with E-state index in [2.05, 4.69) is 0 Å². The highest BCUT2D eigenvalue weighted by Gasteiger charge is 2.55. The number of sulfone groups is 1. The maximum absolute atomic E-state index is 12.6. The number of nitrogens with one attached hydrogen (secondary N) is 1. The molecule has 1 atom stereocenters. The van der Waals surface area contributed by atoms with Crippen LogP contribution in [-0.2, 0) is 14.6 Å². The molecule has 134 valence electrons. The van der Waals surface area contributed by atoms with E-state index < -0.39 is 27.5 Å². The molecule has 25 heavy (non-hydrogen) atoms. The number of amides is 1. The standard InChI is InChI=1S/C16H14F3NO4S/c1-15(22,16(17,18)19)14(21)20-11-7-9-13(10-8-11)25(23,24)12-5-3-2-4-6-12/h2-10,22H,1H3,(H,20,21)/t15-/m0/s1. The van der Waals surface area contributed by atoms with E-state index in [9.17, 15) is 31.5 Å². The van der Waals surface area contributed by atoms with Crippen molar-refractivity contribution in [2.75, 3.05) is 5.32 Å². The van der Waals surface area contributed by atoms with Crippen molar-refractivity contribution in [1.29, 1.82) is 0 Å². The molecular formula is C16H14F3NO4S. The first-order valence-corrected chi connectivity index (χ1v) is 8.45. The van der Waals surface area contributed by atoms with Crippen molar-refractivity contribution < 1.29 is 31.5 Å². The van der Waals surface area contributed by atoms with Crippen LogP contribution in [0.4, 0.5) is 18.9 Å². The fourth-order valence-corrected chi connectivity index (χ4v) is 3.12. The monoisotopic (exact) mass is 373 g/mol. The molecule has 2 aromatic rings. The first kappa shape index (κ1) is 18.9. The van der Waals surface area contributed by atoms with Gasteiger partial charge in [-0.25, -0.2) is 8.42 Å². The predicted molar refractivity (Wildman–Crippen MR) is 83.6 cm³/mol. The quantitative estimate of drug-likeness (QED) is 0.863. The highest BCUT2D eigenvalue weighted by atomic mass is 32.2. The minimum absolute atomic E-state index is 0.0618. The third kappa shape index (κ3) is 3.83. The number of aliphatic hydroxyl groups is 1. The van der Waals surface area contributed by atoms with E-state index in [4.69, 9.17) is 0 Å². The number of halogens is 3. The number of carbonyl (C=O) groups is 1. The van der Waals surface area contributed by atoms with Crippen molar-refractivity contribution in [3.05, 3.63) is 54.6 Å². The minimum atomic E-state index is -5.15. The smallest absolute Gasteiger partial charge is 0.373 e. The number of benzene rings is 2. The first-order chi connectivity index (χ1) is 11.5. The van der Waals surface area contributed by atoms with Gasteiger partial charge in [-0.1, -0.05) is 18.2 Å². The van der Waals surface area contributed by atoms with E-state index in [1.54, 1.807) is 18.2 Å². The number of hydrogen-bond acceptors (Lipinski definition) is 4. The zero-order valence-corrected chi connectivity index (χ0v) is 13.7. The highest BCUT2D eigenvalue weighted by Crippen LogP contribution is 2.31. The normalized spacial score (nSPS) is 14.6. The lowest BCUT2D eigenvalue weighted by Crippen LogP contribution is -2.52. The Balaban J connectivity index is 2.23. The Labute approximate surface area is 142 Å². The Morgan fingerprint density at radius 2 is 1.44 bits per heavy atom. The molecule has 0 saturated carbocycles. The average Bonchev–Trinajstić information content (AvgIpc) is 2.55. The Bertz CT molecular complexity index is 861. The van der Waals surface area contributed by atoms with E-state index >= 15 is 0 Å². The maximum atomic E-state index is 12.6. The molecule has 0 saturated heterocycles. The number of alkyl halides is 3. The van der Waals surface area contributed by atoms with E-state index in [-0.39, 0.29) is 15.5 Å². The number of anilines is 1. The molecule has 0 radical (unpaired) electrons. The highest BCUT2D eigenvalue weighted by molar-refractivity contribution is 7.91. The second-order valence-electron chi connectivity index (χ2n) is 5.36. The van der Waals surface area contributed by atoms with Crippen LogP contribution in [0.1, 0.15) is 6.92 Å². The summed E-state index contributed by atoms with van der Waals surface area (Å²) in [5.41, 5.74) is -3.65. The molecule has 0 spiro atoms. The van der Waals surface area contributed by atoms with Gasteiger partial charge >= 0.3 is 6.18 Å². The van der Waals surface area contributed by atoms with Gasteiger partial charge in [0.2, 0.25) is 15.4 Å². The molecule has 0 unspecified atom stereocenters. The van der Waals surface area contributed by atoms with Gasteiger partial charge in [0.1, 0.15) is 0 Å². The molecule has 0 bridgehead atoms. The predicted octanol–water partition coefficient (Wildman–Crippen LogP) is 2.77. The zero-order chi connectivity index (χ0) is 18.9. The molecule has 0 aliphatic carbocycles. The van der Waals surface area contributed by atoms with Crippen molar-refractivity contribution >= 4 is 21.4 Å². The largest absolute Gasteiger partial charge is 0.426 e.